The van der Waals surface area contributed by atoms with Crippen molar-refractivity contribution in [1.29, 1.82) is 0 Å². The van der Waals surface area contributed by atoms with Crippen molar-refractivity contribution in [2.45, 2.75) is 6.04 Å². The predicted octanol–water partition coefficient (Wildman–Crippen LogP) is 2.15. The van der Waals surface area contributed by atoms with Crippen LogP contribution in [0.15, 0.2) is 33.3 Å². The molecule has 0 aliphatic carbocycles. The fourth-order valence-electron chi connectivity index (χ4n) is 1.38. The molecule has 0 aliphatic rings. The van der Waals surface area contributed by atoms with Gasteiger partial charge in [0, 0.05) is 17.1 Å². The monoisotopic (exact) mass is 297 g/mol. The van der Waals surface area contributed by atoms with E-state index in [9.17, 15) is 0 Å². The Kier molecular flexibility index (Phi) is 3.88. The Morgan fingerprint density at radius 3 is 3.06 bits per heavy atom. The minimum atomic E-state index is -0.371. The van der Waals surface area contributed by atoms with Gasteiger partial charge in [0.2, 0.25) is 0 Å². The number of nitrogens with two attached hydrogens (primary N) is 1. The lowest BCUT2D eigenvalue weighted by atomic mass is 10.2. The third-order valence-electron chi connectivity index (χ3n) is 2.19. The first-order chi connectivity index (χ1) is 8.20. The Hall–Kier alpha value is -1.24. The van der Waals surface area contributed by atoms with Crippen LogP contribution in [0, 0.1) is 0 Å². The van der Waals surface area contributed by atoms with E-state index in [0.717, 1.165) is 10.0 Å². The van der Waals surface area contributed by atoms with Crippen molar-refractivity contribution in [2.75, 3.05) is 13.7 Å². The molecule has 1 aromatic carbocycles. The Morgan fingerprint density at radius 2 is 2.35 bits per heavy atom. The first kappa shape index (κ1) is 12.2. The zero-order valence-electron chi connectivity index (χ0n) is 9.26. The van der Waals surface area contributed by atoms with Crippen molar-refractivity contribution in [1.82, 2.24) is 10.1 Å². The Bertz CT molecular complexity index is 501. The molecule has 2 rings (SSSR count). The molecule has 2 aromatic rings. The SMILES string of the molecule is COCC(N)c1noc(-c2cccc(Br)c2)n1. The molecular formula is C11H12BrN3O2. The van der Waals surface area contributed by atoms with E-state index in [1.54, 1.807) is 7.11 Å². The molecule has 1 unspecified atom stereocenters. The largest absolute Gasteiger partial charge is 0.383 e. The number of ether oxygens (including phenoxy) is 1. The Morgan fingerprint density at radius 1 is 1.53 bits per heavy atom. The van der Waals surface area contributed by atoms with Gasteiger partial charge in [0.05, 0.1) is 12.6 Å². The van der Waals surface area contributed by atoms with Gasteiger partial charge < -0.3 is 15.0 Å². The Labute approximate surface area is 107 Å². The highest BCUT2D eigenvalue weighted by Gasteiger charge is 2.15. The first-order valence-corrected chi connectivity index (χ1v) is 5.84. The van der Waals surface area contributed by atoms with Crippen molar-refractivity contribution >= 4 is 15.9 Å². The molecule has 0 radical (unpaired) electrons. The van der Waals surface area contributed by atoms with Gasteiger partial charge in [-0.25, -0.2) is 0 Å². The average molecular weight is 298 g/mol. The summed E-state index contributed by atoms with van der Waals surface area (Å²) < 4.78 is 11.0. The lowest BCUT2D eigenvalue weighted by molar-refractivity contribution is 0.177. The fraction of sp³-hybridized carbons (Fsp3) is 0.273. The van der Waals surface area contributed by atoms with Crippen molar-refractivity contribution in [3.05, 3.63) is 34.6 Å². The summed E-state index contributed by atoms with van der Waals surface area (Å²) in [5.74, 6) is 0.898. The van der Waals surface area contributed by atoms with Gasteiger partial charge in [-0.1, -0.05) is 27.2 Å². The lowest BCUT2D eigenvalue weighted by Crippen LogP contribution is -2.17. The van der Waals surface area contributed by atoms with E-state index in [-0.39, 0.29) is 6.04 Å². The molecule has 2 N–H and O–H groups in total. The molecule has 17 heavy (non-hydrogen) atoms. The maximum absolute atomic E-state index is 5.81. The molecule has 0 fully saturated rings. The van der Waals surface area contributed by atoms with Crippen molar-refractivity contribution in [2.24, 2.45) is 5.73 Å². The number of nitrogens with zero attached hydrogens (tertiary/aromatic N) is 2. The van der Waals surface area contributed by atoms with Crippen LogP contribution >= 0.6 is 15.9 Å². The number of aromatic nitrogens is 2. The highest BCUT2D eigenvalue weighted by atomic mass is 79.9. The number of halogens is 1. The third kappa shape index (κ3) is 2.91. The molecule has 1 aromatic heterocycles. The minimum Gasteiger partial charge on any atom is -0.383 e. The van der Waals surface area contributed by atoms with Crippen LogP contribution in [-0.4, -0.2) is 23.9 Å². The van der Waals surface area contributed by atoms with Crippen molar-refractivity contribution < 1.29 is 9.26 Å². The number of hydrogen-bond donors (Lipinski definition) is 1. The first-order valence-electron chi connectivity index (χ1n) is 5.05. The number of benzene rings is 1. The van der Waals surface area contributed by atoms with Crippen LogP contribution in [0.4, 0.5) is 0 Å². The molecule has 6 heteroatoms. The lowest BCUT2D eigenvalue weighted by Gasteiger charge is -2.03. The summed E-state index contributed by atoms with van der Waals surface area (Å²) in [5.41, 5.74) is 6.66. The molecule has 0 spiro atoms. The smallest absolute Gasteiger partial charge is 0.258 e. The van der Waals surface area contributed by atoms with E-state index in [0.29, 0.717) is 18.3 Å². The van der Waals surface area contributed by atoms with E-state index in [1.807, 2.05) is 24.3 Å². The van der Waals surface area contributed by atoms with Crippen molar-refractivity contribution in [3.8, 4) is 11.5 Å². The van der Waals surface area contributed by atoms with Gasteiger partial charge in [-0.2, -0.15) is 4.98 Å². The summed E-state index contributed by atoms with van der Waals surface area (Å²) in [6.45, 7) is 0.359. The van der Waals surface area contributed by atoms with E-state index >= 15 is 0 Å². The number of methoxy groups -OCH3 is 1. The van der Waals surface area contributed by atoms with Gasteiger partial charge in [0.15, 0.2) is 5.82 Å². The van der Waals surface area contributed by atoms with Crippen LogP contribution in [0.25, 0.3) is 11.5 Å². The highest BCUT2D eigenvalue weighted by molar-refractivity contribution is 9.10. The molecule has 1 heterocycles. The van der Waals surface area contributed by atoms with Gasteiger partial charge in [-0.15, -0.1) is 0 Å². The maximum Gasteiger partial charge on any atom is 0.258 e. The quantitative estimate of drug-likeness (QED) is 0.936. The predicted molar refractivity (Wildman–Crippen MR) is 66.2 cm³/mol. The maximum atomic E-state index is 5.81. The van der Waals surface area contributed by atoms with Crippen LogP contribution in [0.2, 0.25) is 0 Å². The van der Waals surface area contributed by atoms with Crippen LogP contribution in [0.1, 0.15) is 11.9 Å². The molecule has 90 valence electrons. The molecule has 1 atom stereocenters. The van der Waals surface area contributed by atoms with E-state index in [4.69, 9.17) is 15.0 Å². The van der Waals surface area contributed by atoms with Crippen LogP contribution in [0.5, 0.6) is 0 Å². The second-order valence-electron chi connectivity index (χ2n) is 3.53. The summed E-state index contributed by atoms with van der Waals surface area (Å²) in [6, 6.07) is 7.25. The van der Waals surface area contributed by atoms with Gasteiger partial charge >= 0.3 is 0 Å². The number of rotatable bonds is 4. The molecular weight excluding hydrogens is 286 g/mol. The number of hydrogen-bond acceptors (Lipinski definition) is 5. The summed E-state index contributed by atoms with van der Waals surface area (Å²) in [6.07, 6.45) is 0. The zero-order valence-corrected chi connectivity index (χ0v) is 10.8. The highest BCUT2D eigenvalue weighted by Crippen LogP contribution is 2.22. The standard InChI is InChI=1S/C11H12BrN3O2/c1-16-6-9(13)10-14-11(17-15-10)7-3-2-4-8(12)5-7/h2-5,9H,6,13H2,1H3. The molecule has 5 nitrogen and oxygen atoms in total. The van der Waals surface area contributed by atoms with E-state index in [1.165, 1.54) is 0 Å². The van der Waals surface area contributed by atoms with Crippen molar-refractivity contribution in [3.63, 3.8) is 0 Å². The summed E-state index contributed by atoms with van der Waals surface area (Å²) in [7, 11) is 1.58. The van der Waals surface area contributed by atoms with E-state index < -0.39 is 0 Å². The molecule has 0 amide bonds. The second-order valence-corrected chi connectivity index (χ2v) is 4.45. The van der Waals surface area contributed by atoms with Crippen LogP contribution in [-0.2, 0) is 4.74 Å². The molecule has 0 saturated carbocycles. The Balaban J connectivity index is 2.23. The molecule has 0 saturated heterocycles. The van der Waals surface area contributed by atoms with Gasteiger partial charge in [0.1, 0.15) is 0 Å². The summed E-state index contributed by atoms with van der Waals surface area (Å²) in [4.78, 5) is 4.24. The molecule has 0 aliphatic heterocycles. The summed E-state index contributed by atoms with van der Waals surface area (Å²) >= 11 is 3.39. The van der Waals surface area contributed by atoms with E-state index in [2.05, 4.69) is 26.1 Å². The fourth-order valence-corrected chi connectivity index (χ4v) is 1.78. The average Bonchev–Trinajstić information content (AvgIpc) is 2.78. The summed E-state index contributed by atoms with van der Waals surface area (Å²) in [5, 5.41) is 3.83. The van der Waals surface area contributed by atoms with Gasteiger partial charge in [-0.3, -0.25) is 0 Å². The normalized spacial score (nSPS) is 12.6. The zero-order chi connectivity index (χ0) is 12.3. The molecule has 0 bridgehead atoms. The van der Waals surface area contributed by atoms with Gasteiger partial charge in [-0.05, 0) is 18.2 Å². The topological polar surface area (TPSA) is 74.2 Å². The van der Waals surface area contributed by atoms with Gasteiger partial charge in [0.25, 0.3) is 5.89 Å². The minimum absolute atomic E-state index is 0.359. The second kappa shape index (κ2) is 5.39. The third-order valence-corrected chi connectivity index (χ3v) is 2.68. The van der Waals surface area contributed by atoms with Crippen LogP contribution in [0.3, 0.4) is 0 Å². The van der Waals surface area contributed by atoms with Crippen LogP contribution < -0.4 is 5.73 Å².